The predicted octanol–water partition coefficient (Wildman–Crippen LogP) is 3.07. The van der Waals surface area contributed by atoms with Gasteiger partial charge in [0.15, 0.2) is 0 Å². The Morgan fingerprint density at radius 3 is 3.00 bits per heavy atom. The number of aryl methyl sites for hydroxylation is 1. The Labute approximate surface area is 111 Å². The molecule has 0 amide bonds. The van der Waals surface area contributed by atoms with Crippen LogP contribution in [0, 0.1) is 6.92 Å². The van der Waals surface area contributed by atoms with Crippen molar-refractivity contribution in [1.82, 2.24) is 10.2 Å². The van der Waals surface area contributed by atoms with E-state index in [1.54, 1.807) is 0 Å². The Morgan fingerprint density at radius 1 is 1.44 bits per heavy atom. The Morgan fingerprint density at radius 2 is 2.28 bits per heavy atom. The van der Waals surface area contributed by atoms with Gasteiger partial charge in [0.25, 0.3) is 0 Å². The maximum absolute atomic E-state index is 5.78. The second-order valence-corrected chi connectivity index (χ2v) is 5.35. The minimum Gasteiger partial charge on any atom is -0.465 e. The summed E-state index contributed by atoms with van der Waals surface area (Å²) in [4.78, 5) is 2.63. The SMILES string of the molecule is CCC1CCCCN1Cc1cc(CNC)oc1C. The first-order valence-corrected chi connectivity index (χ1v) is 7.21. The van der Waals surface area contributed by atoms with Crippen molar-refractivity contribution in [2.45, 2.75) is 58.7 Å². The molecule has 2 rings (SSSR count). The molecular weight excluding hydrogens is 224 g/mol. The van der Waals surface area contributed by atoms with E-state index in [-0.39, 0.29) is 0 Å². The predicted molar refractivity (Wildman–Crippen MR) is 74.5 cm³/mol. The molecule has 1 saturated heterocycles. The van der Waals surface area contributed by atoms with Gasteiger partial charge in [-0.15, -0.1) is 0 Å². The molecule has 1 atom stereocenters. The summed E-state index contributed by atoms with van der Waals surface area (Å²) in [5.74, 6) is 2.13. The highest BCUT2D eigenvalue weighted by atomic mass is 16.3. The van der Waals surface area contributed by atoms with E-state index in [0.717, 1.165) is 30.7 Å². The van der Waals surface area contributed by atoms with Crippen molar-refractivity contribution in [1.29, 1.82) is 0 Å². The molecule has 3 heteroatoms. The van der Waals surface area contributed by atoms with Crippen molar-refractivity contribution < 1.29 is 4.42 Å². The van der Waals surface area contributed by atoms with Crippen LogP contribution in [0.4, 0.5) is 0 Å². The van der Waals surface area contributed by atoms with Crippen molar-refractivity contribution in [2.75, 3.05) is 13.6 Å². The monoisotopic (exact) mass is 250 g/mol. The summed E-state index contributed by atoms with van der Waals surface area (Å²) in [6, 6.07) is 2.98. The van der Waals surface area contributed by atoms with Crippen molar-refractivity contribution in [3.63, 3.8) is 0 Å². The van der Waals surface area contributed by atoms with E-state index in [2.05, 4.69) is 30.1 Å². The molecule has 1 unspecified atom stereocenters. The first-order valence-electron chi connectivity index (χ1n) is 7.21. The summed E-state index contributed by atoms with van der Waals surface area (Å²) in [7, 11) is 1.95. The van der Waals surface area contributed by atoms with E-state index in [4.69, 9.17) is 4.42 Å². The van der Waals surface area contributed by atoms with Crippen LogP contribution < -0.4 is 5.32 Å². The fourth-order valence-corrected chi connectivity index (χ4v) is 2.96. The molecule has 18 heavy (non-hydrogen) atoms. The molecule has 1 aromatic heterocycles. The summed E-state index contributed by atoms with van der Waals surface area (Å²) >= 11 is 0. The van der Waals surface area contributed by atoms with Crippen LogP contribution >= 0.6 is 0 Å². The molecule has 0 saturated carbocycles. The average Bonchev–Trinajstić information content (AvgIpc) is 2.71. The minimum absolute atomic E-state index is 0.765. The van der Waals surface area contributed by atoms with Crippen molar-refractivity contribution in [3.8, 4) is 0 Å². The molecule has 0 spiro atoms. The summed E-state index contributed by atoms with van der Waals surface area (Å²) in [5.41, 5.74) is 1.36. The maximum atomic E-state index is 5.78. The molecular formula is C15H26N2O. The molecule has 102 valence electrons. The highest BCUT2D eigenvalue weighted by molar-refractivity contribution is 5.21. The molecule has 2 heterocycles. The number of furan rings is 1. The third kappa shape index (κ3) is 3.15. The topological polar surface area (TPSA) is 28.4 Å². The standard InChI is InChI=1S/C15H26N2O/c1-4-14-7-5-6-8-17(14)11-13-9-15(10-16-3)18-12(13)2/h9,14,16H,4-8,10-11H2,1-3H3. The third-order valence-electron chi connectivity index (χ3n) is 4.02. The average molecular weight is 250 g/mol. The molecule has 0 bridgehead atoms. The lowest BCUT2D eigenvalue weighted by atomic mass is 9.99. The fraction of sp³-hybridized carbons (Fsp3) is 0.733. The Kier molecular flexibility index (Phi) is 4.84. The first kappa shape index (κ1) is 13.6. The van der Waals surface area contributed by atoms with Gasteiger partial charge in [-0.2, -0.15) is 0 Å². The number of hydrogen-bond acceptors (Lipinski definition) is 3. The number of piperidine rings is 1. The van der Waals surface area contributed by atoms with Crippen LogP contribution in [-0.4, -0.2) is 24.5 Å². The number of nitrogens with zero attached hydrogens (tertiary/aromatic N) is 1. The van der Waals surface area contributed by atoms with Crippen molar-refractivity contribution in [3.05, 3.63) is 23.2 Å². The van der Waals surface area contributed by atoms with Gasteiger partial charge in [0, 0.05) is 18.2 Å². The Hall–Kier alpha value is -0.800. The minimum atomic E-state index is 0.765. The van der Waals surface area contributed by atoms with Gasteiger partial charge in [0.2, 0.25) is 0 Å². The van der Waals surface area contributed by atoms with Crippen LogP contribution in [0.5, 0.6) is 0 Å². The molecule has 1 N–H and O–H groups in total. The zero-order valence-corrected chi connectivity index (χ0v) is 12.0. The third-order valence-corrected chi connectivity index (χ3v) is 4.02. The second-order valence-electron chi connectivity index (χ2n) is 5.35. The number of likely N-dealkylation sites (tertiary alicyclic amines) is 1. The molecule has 0 aromatic carbocycles. The lowest BCUT2D eigenvalue weighted by Gasteiger charge is -2.35. The molecule has 0 radical (unpaired) electrons. The van der Waals surface area contributed by atoms with Crippen LogP contribution in [0.3, 0.4) is 0 Å². The van der Waals surface area contributed by atoms with Crippen molar-refractivity contribution >= 4 is 0 Å². The summed E-state index contributed by atoms with van der Waals surface area (Å²) in [6.45, 7) is 7.50. The highest BCUT2D eigenvalue weighted by Gasteiger charge is 2.22. The van der Waals surface area contributed by atoms with Crippen LogP contribution in [0.1, 0.15) is 49.7 Å². The Bertz CT molecular complexity index is 373. The molecule has 1 aliphatic heterocycles. The van der Waals surface area contributed by atoms with Crippen LogP contribution in [0.2, 0.25) is 0 Å². The van der Waals surface area contributed by atoms with E-state index in [0.29, 0.717) is 0 Å². The molecule has 1 aliphatic rings. The van der Waals surface area contributed by atoms with Crippen molar-refractivity contribution in [2.24, 2.45) is 0 Å². The van der Waals surface area contributed by atoms with E-state index in [1.165, 1.54) is 37.8 Å². The van der Waals surface area contributed by atoms with Crippen LogP contribution in [0.25, 0.3) is 0 Å². The van der Waals surface area contributed by atoms with Gasteiger partial charge in [-0.05, 0) is 45.8 Å². The Balaban J connectivity index is 2.03. The number of nitrogens with one attached hydrogen (secondary N) is 1. The van der Waals surface area contributed by atoms with Crippen LogP contribution in [0.15, 0.2) is 10.5 Å². The van der Waals surface area contributed by atoms with Gasteiger partial charge in [-0.25, -0.2) is 0 Å². The zero-order valence-electron chi connectivity index (χ0n) is 12.0. The van der Waals surface area contributed by atoms with Gasteiger partial charge < -0.3 is 9.73 Å². The molecule has 3 nitrogen and oxygen atoms in total. The normalized spacial score (nSPS) is 21.4. The second kappa shape index (κ2) is 6.39. The van der Waals surface area contributed by atoms with Gasteiger partial charge >= 0.3 is 0 Å². The molecule has 1 aromatic rings. The zero-order chi connectivity index (χ0) is 13.0. The fourth-order valence-electron chi connectivity index (χ4n) is 2.96. The van der Waals surface area contributed by atoms with E-state index >= 15 is 0 Å². The van der Waals surface area contributed by atoms with Gasteiger partial charge in [-0.1, -0.05) is 13.3 Å². The largest absolute Gasteiger partial charge is 0.465 e. The number of hydrogen-bond donors (Lipinski definition) is 1. The maximum Gasteiger partial charge on any atom is 0.118 e. The summed E-state index contributed by atoms with van der Waals surface area (Å²) in [6.07, 6.45) is 5.36. The molecule has 1 fully saturated rings. The van der Waals surface area contributed by atoms with Crippen LogP contribution in [-0.2, 0) is 13.1 Å². The molecule has 0 aliphatic carbocycles. The highest BCUT2D eigenvalue weighted by Crippen LogP contribution is 2.24. The van der Waals surface area contributed by atoms with E-state index < -0.39 is 0 Å². The summed E-state index contributed by atoms with van der Waals surface area (Å²) < 4.78 is 5.78. The lowest BCUT2D eigenvalue weighted by Crippen LogP contribution is -2.38. The van der Waals surface area contributed by atoms with Gasteiger partial charge in [0.05, 0.1) is 6.54 Å². The van der Waals surface area contributed by atoms with Gasteiger partial charge in [0.1, 0.15) is 11.5 Å². The number of rotatable bonds is 5. The first-order chi connectivity index (χ1) is 8.74. The van der Waals surface area contributed by atoms with E-state index in [9.17, 15) is 0 Å². The quantitative estimate of drug-likeness (QED) is 0.870. The van der Waals surface area contributed by atoms with Gasteiger partial charge in [-0.3, -0.25) is 4.90 Å². The summed E-state index contributed by atoms with van der Waals surface area (Å²) in [5, 5.41) is 3.14. The smallest absolute Gasteiger partial charge is 0.118 e. The van der Waals surface area contributed by atoms with E-state index in [1.807, 2.05) is 7.05 Å². The lowest BCUT2D eigenvalue weighted by molar-refractivity contribution is 0.135.